The number of ether oxygens (including phenoxy) is 1. The van der Waals surface area contributed by atoms with Crippen molar-refractivity contribution in [2.45, 2.75) is 50.8 Å². The first-order valence-corrected chi connectivity index (χ1v) is 10.5. The number of hydrogen-bond donors (Lipinski definition) is 0. The van der Waals surface area contributed by atoms with Crippen molar-refractivity contribution in [3.63, 3.8) is 0 Å². The first-order chi connectivity index (χ1) is 14.7. The largest absolute Gasteiger partial charge is 0.445 e. The molecule has 2 bridgehead atoms. The lowest BCUT2D eigenvalue weighted by molar-refractivity contribution is 0.00472. The maximum Gasteiger partial charge on any atom is 0.410 e. The molecule has 1 aromatic carbocycles. The number of carbonyl (C=O) groups is 2. The number of rotatable bonds is 4. The molecule has 0 saturated carbocycles. The lowest BCUT2D eigenvalue weighted by atomic mass is 9.76. The van der Waals surface area contributed by atoms with E-state index in [9.17, 15) is 9.59 Å². The van der Waals surface area contributed by atoms with E-state index in [2.05, 4.69) is 10.2 Å². The Bertz CT molecular complexity index is 1050. The molecule has 30 heavy (non-hydrogen) atoms. The van der Waals surface area contributed by atoms with Gasteiger partial charge in [0.05, 0.1) is 0 Å². The second-order valence-corrected chi connectivity index (χ2v) is 8.23. The van der Waals surface area contributed by atoms with Crippen LogP contribution >= 0.6 is 0 Å². The number of fused-ring (bicyclic) bond motifs is 3. The molecular weight excluding hydrogens is 380 g/mol. The number of carbonyl (C=O) groups excluding carboxylic acids is 2. The van der Waals surface area contributed by atoms with Crippen LogP contribution in [0.15, 0.2) is 55.0 Å². The van der Waals surface area contributed by atoms with Gasteiger partial charge in [0.2, 0.25) is 0 Å². The predicted octanol–water partition coefficient (Wildman–Crippen LogP) is 3.88. The summed E-state index contributed by atoms with van der Waals surface area (Å²) in [5.41, 5.74) is 2.37. The van der Waals surface area contributed by atoms with Crippen LogP contribution in [0.2, 0.25) is 0 Å². The summed E-state index contributed by atoms with van der Waals surface area (Å²) in [4.78, 5) is 27.9. The molecule has 154 valence electrons. The van der Waals surface area contributed by atoms with Gasteiger partial charge in [-0.25, -0.2) is 4.79 Å². The standard InChI is InChI=1S/C23H24N4O3/c28-22(17-9-10-21-25-24-15-26(21)13-17)18-11-19-7-4-8-20(12-18)27(19)23(29)30-14-16-5-2-1-3-6-16/h1-3,5-6,9-10,13,15,18-20H,4,7-8,11-12,14H2. The van der Waals surface area contributed by atoms with Crippen LogP contribution in [0.4, 0.5) is 4.79 Å². The molecule has 0 radical (unpaired) electrons. The Balaban J connectivity index is 1.28. The van der Waals surface area contributed by atoms with E-state index in [1.54, 1.807) is 16.9 Å². The van der Waals surface area contributed by atoms with E-state index in [0.717, 1.165) is 30.5 Å². The molecule has 0 N–H and O–H groups in total. The maximum absolute atomic E-state index is 13.2. The van der Waals surface area contributed by atoms with Crippen molar-refractivity contribution in [2.24, 2.45) is 5.92 Å². The molecule has 2 aromatic heterocycles. The van der Waals surface area contributed by atoms with Gasteiger partial charge in [-0.15, -0.1) is 10.2 Å². The molecule has 0 spiro atoms. The number of ketones is 1. The Kier molecular flexibility index (Phi) is 4.94. The highest BCUT2D eigenvalue weighted by Gasteiger charge is 2.43. The summed E-state index contributed by atoms with van der Waals surface area (Å²) in [6.45, 7) is 0.275. The van der Waals surface area contributed by atoms with Crippen molar-refractivity contribution in [2.75, 3.05) is 0 Å². The highest BCUT2D eigenvalue weighted by atomic mass is 16.6. The fourth-order valence-electron chi connectivity index (χ4n) is 4.90. The van der Waals surface area contributed by atoms with E-state index in [4.69, 9.17) is 4.74 Å². The van der Waals surface area contributed by atoms with Gasteiger partial charge in [-0.2, -0.15) is 0 Å². The third-order valence-electron chi connectivity index (χ3n) is 6.34. The van der Waals surface area contributed by atoms with Gasteiger partial charge in [-0.05, 0) is 49.8 Å². The molecule has 2 aliphatic rings. The van der Waals surface area contributed by atoms with Crippen molar-refractivity contribution in [1.82, 2.24) is 19.5 Å². The van der Waals surface area contributed by atoms with Crippen molar-refractivity contribution in [3.8, 4) is 0 Å². The Morgan fingerprint density at radius 1 is 1.03 bits per heavy atom. The smallest absolute Gasteiger partial charge is 0.410 e. The molecule has 1 amide bonds. The minimum absolute atomic E-state index is 0.0633. The Morgan fingerprint density at radius 3 is 2.57 bits per heavy atom. The lowest BCUT2D eigenvalue weighted by Gasteiger charge is -2.47. The lowest BCUT2D eigenvalue weighted by Crippen LogP contribution is -2.55. The normalized spacial score (nSPS) is 23.3. The number of hydrogen-bond acceptors (Lipinski definition) is 5. The highest BCUT2D eigenvalue weighted by molar-refractivity contribution is 5.98. The number of Topliss-reactive ketones (excluding diaryl/α,β-unsaturated/α-hetero) is 1. The van der Waals surface area contributed by atoms with Gasteiger partial charge in [0.15, 0.2) is 11.4 Å². The van der Waals surface area contributed by atoms with Crippen LogP contribution in [0.25, 0.3) is 5.65 Å². The van der Waals surface area contributed by atoms with E-state index < -0.39 is 0 Å². The minimum Gasteiger partial charge on any atom is -0.445 e. The molecule has 3 aromatic rings. The summed E-state index contributed by atoms with van der Waals surface area (Å²) >= 11 is 0. The number of amides is 1. The molecular formula is C23H24N4O3. The zero-order valence-electron chi connectivity index (χ0n) is 16.7. The summed E-state index contributed by atoms with van der Waals surface area (Å²) in [7, 11) is 0. The van der Waals surface area contributed by atoms with Gasteiger partial charge in [0, 0.05) is 29.8 Å². The average Bonchev–Trinajstić information content (AvgIpc) is 3.24. The van der Waals surface area contributed by atoms with Gasteiger partial charge >= 0.3 is 6.09 Å². The molecule has 2 atom stereocenters. The van der Waals surface area contributed by atoms with Crippen LogP contribution in [0, 0.1) is 5.92 Å². The minimum atomic E-state index is -0.259. The first kappa shape index (κ1) is 18.8. The second kappa shape index (κ2) is 7.89. The SMILES string of the molecule is O=C(c1ccc2nncn2c1)C1CC2CCCC(C1)N2C(=O)OCc1ccccc1. The molecule has 2 saturated heterocycles. The molecule has 5 rings (SSSR count). The third kappa shape index (κ3) is 3.56. The Morgan fingerprint density at radius 2 is 1.80 bits per heavy atom. The fraction of sp³-hybridized carbons (Fsp3) is 0.391. The summed E-state index contributed by atoms with van der Waals surface area (Å²) in [6.07, 6.45) is 7.46. The van der Waals surface area contributed by atoms with Crippen LogP contribution < -0.4 is 0 Å². The van der Waals surface area contributed by atoms with Crippen LogP contribution in [-0.2, 0) is 11.3 Å². The zero-order chi connectivity index (χ0) is 20.5. The quantitative estimate of drug-likeness (QED) is 0.617. The predicted molar refractivity (Wildman–Crippen MR) is 110 cm³/mol. The summed E-state index contributed by atoms with van der Waals surface area (Å²) in [5, 5.41) is 7.86. The van der Waals surface area contributed by atoms with E-state index in [-0.39, 0.29) is 36.5 Å². The van der Waals surface area contributed by atoms with Crippen molar-refractivity contribution in [1.29, 1.82) is 0 Å². The number of aromatic nitrogens is 3. The highest BCUT2D eigenvalue weighted by Crippen LogP contribution is 2.38. The third-order valence-corrected chi connectivity index (χ3v) is 6.34. The second-order valence-electron chi connectivity index (χ2n) is 8.23. The number of nitrogens with zero attached hydrogens (tertiary/aromatic N) is 4. The molecule has 4 heterocycles. The summed E-state index contributed by atoms with van der Waals surface area (Å²) < 4.78 is 7.38. The average molecular weight is 404 g/mol. The molecule has 2 aliphatic heterocycles. The van der Waals surface area contributed by atoms with Gasteiger partial charge in [-0.3, -0.25) is 9.20 Å². The Hall–Kier alpha value is -3.22. The van der Waals surface area contributed by atoms with E-state index in [0.29, 0.717) is 18.4 Å². The van der Waals surface area contributed by atoms with Gasteiger partial charge < -0.3 is 9.64 Å². The number of pyridine rings is 1. The van der Waals surface area contributed by atoms with Crippen LogP contribution in [0.1, 0.15) is 48.0 Å². The molecule has 7 nitrogen and oxygen atoms in total. The Labute approximate surface area is 174 Å². The molecule has 0 aliphatic carbocycles. The van der Waals surface area contributed by atoms with E-state index in [1.807, 2.05) is 47.4 Å². The van der Waals surface area contributed by atoms with Crippen molar-refractivity contribution in [3.05, 3.63) is 66.1 Å². The van der Waals surface area contributed by atoms with Crippen LogP contribution in [0.3, 0.4) is 0 Å². The van der Waals surface area contributed by atoms with E-state index in [1.165, 1.54) is 0 Å². The van der Waals surface area contributed by atoms with Crippen LogP contribution in [0.5, 0.6) is 0 Å². The zero-order valence-corrected chi connectivity index (χ0v) is 16.7. The number of benzene rings is 1. The van der Waals surface area contributed by atoms with Crippen molar-refractivity contribution < 1.29 is 14.3 Å². The van der Waals surface area contributed by atoms with Gasteiger partial charge in [0.25, 0.3) is 0 Å². The van der Waals surface area contributed by atoms with E-state index >= 15 is 0 Å². The van der Waals surface area contributed by atoms with Crippen molar-refractivity contribution >= 4 is 17.5 Å². The topological polar surface area (TPSA) is 76.8 Å². The van der Waals surface area contributed by atoms with Gasteiger partial charge in [0.1, 0.15) is 12.9 Å². The van der Waals surface area contributed by atoms with Crippen LogP contribution in [-0.4, -0.2) is 43.5 Å². The maximum atomic E-state index is 13.2. The number of piperidine rings is 2. The fourth-order valence-corrected chi connectivity index (χ4v) is 4.90. The summed E-state index contributed by atoms with van der Waals surface area (Å²) in [6, 6.07) is 13.5. The molecule has 7 heteroatoms. The molecule has 2 fully saturated rings. The van der Waals surface area contributed by atoms with Gasteiger partial charge in [-0.1, -0.05) is 30.3 Å². The first-order valence-electron chi connectivity index (χ1n) is 10.5. The summed E-state index contributed by atoms with van der Waals surface area (Å²) in [5.74, 6) is 0.0622. The molecule has 2 unspecified atom stereocenters. The monoisotopic (exact) mass is 404 g/mol.